The summed E-state index contributed by atoms with van der Waals surface area (Å²) in [5.41, 5.74) is 28.0. The van der Waals surface area contributed by atoms with E-state index in [1.807, 2.05) is 316 Å². The minimum Gasteiger partial charge on any atom is -0.656 e. The molecule has 0 spiro atoms. The molecule has 0 amide bonds. The average molecular weight is 2180 g/mol. The van der Waals surface area contributed by atoms with Gasteiger partial charge in [0.2, 0.25) is 0 Å². The largest absolute Gasteiger partial charge is 2.00 e. The van der Waals surface area contributed by atoms with E-state index < -0.39 is 20.4 Å². The van der Waals surface area contributed by atoms with E-state index in [4.69, 9.17) is 29.9 Å². The van der Waals surface area contributed by atoms with Gasteiger partial charge in [-0.25, -0.2) is 14.3 Å². The zero-order valence-electron chi connectivity index (χ0n) is 79.4. The molecule has 3 N–H and O–H groups in total. The molecule has 0 saturated heterocycles. The van der Waals surface area contributed by atoms with Crippen molar-refractivity contribution in [3.63, 3.8) is 0 Å². The number of phenolic OH excluding ortho intramolecular Hbond substituents is 3. The van der Waals surface area contributed by atoms with Crippen LogP contribution in [-0.2, 0) is 82.5 Å². The zero-order chi connectivity index (χ0) is 98.2. The van der Waals surface area contributed by atoms with Gasteiger partial charge in [-0.3, -0.25) is 29.9 Å². The van der Waals surface area contributed by atoms with E-state index in [0.717, 1.165) is 140 Å². The summed E-state index contributed by atoms with van der Waals surface area (Å²) < 4.78 is 29.5. The molecule has 150 heavy (non-hydrogen) atoms. The van der Waals surface area contributed by atoms with Gasteiger partial charge < -0.3 is 25.3 Å². The van der Waals surface area contributed by atoms with Gasteiger partial charge in [-0.15, -0.1) is 184 Å². The van der Waals surface area contributed by atoms with Gasteiger partial charge >= 0.3 is 66.0 Å². The molecule has 1 aliphatic rings. The van der Waals surface area contributed by atoms with Crippen molar-refractivity contribution in [3.05, 3.63) is 540 Å². The van der Waals surface area contributed by atoms with Gasteiger partial charge in [0.1, 0.15) is 17.4 Å². The maximum absolute atomic E-state index is 14.8. The SMILES string of the molecule is Fc1cc2c3[n-]c4c(cc(F)cc4c3c1)-c1cccc(n1)-c1[c-]c(ccc1)-c1cccc-2n1.Oc1ccccc1-c1[c-]c(-c2[c-]c(-c3ccccn3)ccc2)ccc1.Oc1ccccc1-c1[c-]c(-c2cccc(-c3[c-]cccc3)n2)ccc1.Oc1ccccc1-c1cccc(-c2[c-]c(-c3[c-]cccc3)ccc2)n1.[Ni+2].[Ni+2].[Ni+2].[Ni+2].[Ni].[c-]1c(-c2ccccn2)cccc1-c1cccc(-c2ccccc2[Si](c2ccccc2)c2ccccc2)n1. The molecule has 0 unspecified atom stereocenters. The van der Waals surface area contributed by atoms with Gasteiger partial charge in [-0.1, -0.05) is 263 Å². The van der Waals surface area contributed by atoms with Crippen molar-refractivity contribution in [1.29, 1.82) is 0 Å². The molecule has 0 saturated carbocycles. The Balaban J connectivity index is 0.000000134. The molecule has 8 bridgehead atoms. The predicted octanol–water partition coefficient (Wildman–Crippen LogP) is 28.7. The van der Waals surface area contributed by atoms with Gasteiger partial charge in [0, 0.05) is 68.6 Å². The Labute approximate surface area is 921 Å². The van der Waals surface area contributed by atoms with Crippen molar-refractivity contribution in [2.75, 3.05) is 0 Å². The van der Waals surface area contributed by atoms with Gasteiger partial charge in [0.15, 0.2) is 8.80 Å². The van der Waals surface area contributed by atoms with E-state index in [0.29, 0.717) is 55.7 Å². The van der Waals surface area contributed by atoms with Gasteiger partial charge in [-0.05, 0) is 140 Å². The Hall–Kier alpha value is -16.7. The number of fused-ring (bicyclic) bond motifs is 11. The number of pyridine rings is 7. The first-order chi connectivity index (χ1) is 71.4. The topological polar surface area (TPSA) is 165 Å². The zero-order valence-corrected chi connectivity index (χ0v) is 85.3. The standard InChI is InChI=1S/C34H24N2Si.C28H13F2N3.3C23H15NO.5Ni/c1-3-15-28(16-4-1)37(29-17-5-2-6-18-29)34-23-8-7-19-30(34)33-22-12-21-32(36-33)27-14-11-13-26(25-27)31-20-9-10-24-35-31;29-17-11-19-20-12-18(30)14-22-26-9-3-7-24(32-26)16-5-1-4-15(10-16)23-6-2-8-25(31-23)21(13-17)27(19)33-28(20)22;25-23-13-2-1-11-21(23)19-9-5-7-17(15-19)18-8-6-10-20(16-18)22-12-3-4-14-24-22;25-23-15-5-4-12-20(23)18-10-6-11-19(16-18)22-14-7-13-21(24-22)17-8-2-1-3-9-17;25-23-15-5-4-12-20(23)22-14-7-13-21(24-22)19-11-6-10-18(16-19)17-8-2-1-3-9-17;;;;;/h1-24H;1-9,11-14H;1-14,25H;2*1-8,10-15,25H;;;;;/q-1;4*-2;;4*+2. The number of hydrogen-bond acceptors (Lipinski definition) is 10. The Morgan fingerprint density at radius 3 is 0.853 bits per heavy atom. The molecular formula is C131H82F2N8Ni5O3Si-. The van der Waals surface area contributed by atoms with Crippen molar-refractivity contribution in [2.24, 2.45) is 0 Å². The number of para-hydroxylation sites is 3. The summed E-state index contributed by atoms with van der Waals surface area (Å²) in [5, 5.41) is 35.4. The summed E-state index contributed by atoms with van der Waals surface area (Å²) in [6.07, 6.45) is 3.59. The molecule has 0 atom stereocenters. The van der Waals surface area contributed by atoms with E-state index in [9.17, 15) is 24.1 Å². The summed E-state index contributed by atoms with van der Waals surface area (Å²) in [4.78, 5) is 37.9. The van der Waals surface area contributed by atoms with Gasteiger partial charge in [-0.2, -0.15) is 77.4 Å². The van der Waals surface area contributed by atoms with Crippen LogP contribution in [0.3, 0.4) is 0 Å². The first kappa shape index (κ1) is 106. The molecule has 1 aliphatic heterocycles. The number of nitrogens with zero attached hydrogens (tertiary/aromatic N) is 8. The number of aromatic hydroxyl groups is 3. The molecule has 16 aromatic carbocycles. The van der Waals surface area contributed by atoms with Crippen LogP contribution in [0.5, 0.6) is 17.2 Å². The molecule has 11 nitrogen and oxygen atoms in total. The molecule has 25 rings (SSSR count). The van der Waals surface area contributed by atoms with E-state index in [1.54, 1.807) is 30.5 Å². The van der Waals surface area contributed by atoms with Crippen molar-refractivity contribution < 1.29 is 107 Å². The van der Waals surface area contributed by atoms with E-state index in [2.05, 4.69) is 168 Å². The Morgan fingerprint density at radius 1 is 0.213 bits per heavy atom. The van der Waals surface area contributed by atoms with Crippen molar-refractivity contribution in [1.82, 2.24) is 39.9 Å². The van der Waals surface area contributed by atoms with Crippen LogP contribution in [0.2, 0.25) is 0 Å². The molecule has 8 aromatic heterocycles. The van der Waals surface area contributed by atoms with E-state index in [-0.39, 0.29) is 99.7 Å². The molecule has 0 aliphatic carbocycles. The van der Waals surface area contributed by atoms with Gasteiger partial charge in [0.05, 0.1) is 34.3 Å². The number of aromatic nitrogens is 8. The minimum absolute atomic E-state index is 0. The smallest absolute Gasteiger partial charge is 0.656 e. The Kier molecular flexibility index (Phi) is 35.5. The average Bonchev–Trinajstić information content (AvgIpc) is 1.58. The Morgan fingerprint density at radius 2 is 0.473 bits per heavy atom. The molecule has 1 radical (unpaired) electrons. The third-order valence-electron chi connectivity index (χ3n) is 24.4. The monoisotopic (exact) mass is 2170 g/mol. The number of phenols is 3. The van der Waals surface area contributed by atoms with Crippen LogP contribution in [0.15, 0.2) is 480 Å². The fraction of sp³-hybridized carbons (Fsp3) is 0. The van der Waals surface area contributed by atoms with Crippen LogP contribution in [-0.4, -0.2) is 59.0 Å². The van der Waals surface area contributed by atoms with Crippen LogP contribution < -0.4 is 20.5 Å². The molecule has 733 valence electrons. The fourth-order valence-corrected chi connectivity index (χ4v) is 20.3. The number of rotatable bonds is 15. The minimum atomic E-state index is -1.23. The maximum atomic E-state index is 14.8. The van der Waals surface area contributed by atoms with E-state index >= 15 is 0 Å². The summed E-state index contributed by atoms with van der Waals surface area (Å²) in [6, 6.07) is 177. The molecule has 19 heteroatoms. The van der Waals surface area contributed by atoms with Crippen molar-refractivity contribution in [3.8, 4) is 197 Å². The summed E-state index contributed by atoms with van der Waals surface area (Å²) in [5.74, 6) is -0.131. The van der Waals surface area contributed by atoms with Gasteiger partial charge in [0.25, 0.3) is 0 Å². The van der Waals surface area contributed by atoms with Crippen LogP contribution >= 0.6 is 0 Å². The number of halogens is 2. The van der Waals surface area contributed by atoms with Crippen molar-refractivity contribution in [2.45, 2.75) is 0 Å². The summed E-state index contributed by atoms with van der Waals surface area (Å²) in [7, 11) is -1.23. The Bertz CT molecular complexity index is 8190. The van der Waals surface area contributed by atoms with E-state index in [1.165, 1.54) is 45.4 Å². The number of hydrogen-bond donors (Lipinski definition) is 3. The molecular weight excluding hydrogens is 2090 g/mol. The first-order valence-corrected chi connectivity index (χ1v) is 48.6. The van der Waals surface area contributed by atoms with Crippen LogP contribution in [0, 0.1) is 60.2 Å². The normalized spacial score (nSPS) is 10.6. The molecule has 9 heterocycles. The third kappa shape index (κ3) is 24.6. The number of benzene rings is 16. The van der Waals surface area contributed by atoms with Crippen LogP contribution in [0.4, 0.5) is 8.78 Å². The predicted molar refractivity (Wildman–Crippen MR) is 579 cm³/mol. The summed E-state index contributed by atoms with van der Waals surface area (Å²) >= 11 is 0. The second-order valence-corrected chi connectivity index (χ2v) is 36.3. The van der Waals surface area contributed by atoms with Crippen molar-refractivity contribution >= 4 is 46.2 Å². The maximum Gasteiger partial charge on any atom is 2.00 e. The molecule has 0 fully saturated rings. The first-order valence-electron chi connectivity index (χ1n) is 47.1. The second kappa shape index (κ2) is 50.1. The van der Waals surface area contributed by atoms with Crippen LogP contribution in [0.25, 0.3) is 201 Å². The fourth-order valence-electron chi connectivity index (χ4n) is 17.5. The summed E-state index contributed by atoms with van der Waals surface area (Å²) in [6.45, 7) is 0. The quantitative estimate of drug-likeness (QED) is 0.0508. The third-order valence-corrected chi connectivity index (χ3v) is 27.2. The van der Waals surface area contributed by atoms with Crippen LogP contribution in [0.1, 0.15) is 0 Å². The second-order valence-electron chi connectivity index (χ2n) is 33.9. The molecule has 24 aromatic rings.